The largest absolute Gasteiger partial charge is 0.378 e. The number of nitrogens with one attached hydrogen (secondary N) is 1. The Bertz CT molecular complexity index is 903. The van der Waals surface area contributed by atoms with Crippen LogP contribution in [0.15, 0.2) is 39.5 Å². The first kappa shape index (κ1) is 19.9. The van der Waals surface area contributed by atoms with Crippen LogP contribution in [0.3, 0.4) is 0 Å². The zero-order valence-corrected chi connectivity index (χ0v) is 17.8. The summed E-state index contributed by atoms with van der Waals surface area (Å²) in [4.78, 5) is 13.2. The summed E-state index contributed by atoms with van der Waals surface area (Å²) in [7, 11) is -3.90. The molecule has 0 atom stereocenters. The lowest BCUT2D eigenvalue weighted by molar-refractivity contribution is -0.144. The number of benzene rings is 1. The van der Waals surface area contributed by atoms with Crippen molar-refractivity contribution in [1.82, 2.24) is 9.73 Å². The maximum Gasteiger partial charge on any atom is 0.264 e. The van der Waals surface area contributed by atoms with Crippen LogP contribution in [0.2, 0.25) is 0 Å². The molecule has 5 fully saturated rings. The van der Waals surface area contributed by atoms with Crippen molar-refractivity contribution in [3.63, 3.8) is 0 Å². The Morgan fingerprint density at radius 1 is 1.00 bits per heavy atom. The first-order valence-corrected chi connectivity index (χ1v) is 12.3. The molecule has 1 saturated heterocycles. The van der Waals surface area contributed by atoms with E-state index in [4.69, 9.17) is 4.74 Å². The molecule has 5 aliphatic rings. The van der Waals surface area contributed by atoms with Gasteiger partial charge in [-0.15, -0.1) is 5.11 Å². The molecule has 0 aromatic heterocycles. The van der Waals surface area contributed by atoms with Gasteiger partial charge in [-0.3, -0.25) is 9.80 Å². The summed E-state index contributed by atoms with van der Waals surface area (Å²) < 4.78 is 33.3. The lowest BCUT2D eigenvalue weighted by Gasteiger charge is -2.55. The third-order valence-corrected chi connectivity index (χ3v) is 8.52. The molecule has 1 amide bonds. The number of sulfonamides is 1. The second kappa shape index (κ2) is 7.60. The van der Waals surface area contributed by atoms with Gasteiger partial charge in [0.15, 0.2) is 0 Å². The molecule has 1 aromatic rings. The molecular formula is C21H28N4O4S. The van der Waals surface area contributed by atoms with Gasteiger partial charge in [-0.25, -0.2) is 13.1 Å². The van der Waals surface area contributed by atoms with E-state index in [0.717, 1.165) is 19.3 Å². The van der Waals surface area contributed by atoms with Gasteiger partial charge in [-0.05, 0) is 80.5 Å². The van der Waals surface area contributed by atoms with E-state index in [0.29, 0.717) is 49.7 Å². The van der Waals surface area contributed by atoms with Crippen LogP contribution < -0.4 is 4.72 Å². The van der Waals surface area contributed by atoms with Gasteiger partial charge in [-0.2, -0.15) is 0 Å². The molecule has 8 nitrogen and oxygen atoms in total. The average Bonchev–Trinajstić information content (AvgIpc) is 2.72. The number of rotatable bonds is 5. The highest BCUT2D eigenvalue weighted by Gasteiger charge is 2.55. The highest BCUT2D eigenvalue weighted by Crippen LogP contribution is 2.60. The van der Waals surface area contributed by atoms with E-state index in [1.165, 1.54) is 31.4 Å². The van der Waals surface area contributed by atoms with E-state index in [9.17, 15) is 13.2 Å². The zero-order valence-electron chi connectivity index (χ0n) is 17.0. The van der Waals surface area contributed by atoms with Crippen LogP contribution >= 0.6 is 0 Å². The Kier molecular flexibility index (Phi) is 5.05. The van der Waals surface area contributed by atoms with Crippen LogP contribution in [0, 0.1) is 23.2 Å². The predicted octanol–water partition coefficient (Wildman–Crippen LogP) is 3.04. The Balaban J connectivity index is 1.26. The summed E-state index contributed by atoms with van der Waals surface area (Å²) >= 11 is 0. The van der Waals surface area contributed by atoms with E-state index in [1.54, 1.807) is 12.1 Å². The maximum absolute atomic E-state index is 13.1. The van der Waals surface area contributed by atoms with Crippen molar-refractivity contribution in [2.24, 2.45) is 33.5 Å². The van der Waals surface area contributed by atoms with E-state index < -0.39 is 15.4 Å². The molecule has 1 aliphatic heterocycles. The fraction of sp³-hybridized carbons (Fsp3) is 0.667. The number of ether oxygens (including phenoxy) is 1. The first-order valence-electron chi connectivity index (χ1n) is 10.8. The van der Waals surface area contributed by atoms with Crippen LogP contribution in [-0.4, -0.2) is 45.6 Å². The molecule has 4 bridgehead atoms. The van der Waals surface area contributed by atoms with Crippen LogP contribution in [0.1, 0.15) is 38.5 Å². The number of carbonyl (C=O) groups excluding carboxylic acids is 1. The molecule has 1 heterocycles. The SMILES string of the molecule is O=C(NS(=O)(=O)c1ccc(N=NN2CCOCC2)cc1)C12CC3CC(CC(C3)C1)C2. The van der Waals surface area contributed by atoms with Crippen molar-refractivity contribution in [3.8, 4) is 0 Å². The lowest BCUT2D eigenvalue weighted by Crippen LogP contribution is -2.54. The Hall–Kier alpha value is -2.00. The molecule has 4 saturated carbocycles. The Labute approximate surface area is 177 Å². The topological polar surface area (TPSA) is 100 Å². The zero-order chi connectivity index (χ0) is 20.8. The third kappa shape index (κ3) is 3.85. The Morgan fingerprint density at radius 2 is 1.57 bits per heavy atom. The van der Waals surface area contributed by atoms with Crippen molar-refractivity contribution in [1.29, 1.82) is 0 Å². The molecule has 1 N–H and O–H groups in total. The summed E-state index contributed by atoms with van der Waals surface area (Å²) in [5, 5.41) is 10.1. The highest BCUT2D eigenvalue weighted by molar-refractivity contribution is 7.90. The number of amides is 1. The van der Waals surface area contributed by atoms with Gasteiger partial charge in [0.2, 0.25) is 5.91 Å². The van der Waals surface area contributed by atoms with E-state index >= 15 is 0 Å². The van der Waals surface area contributed by atoms with E-state index in [2.05, 4.69) is 15.1 Å². The fourth-order valence-corrected chi connectivity index (χ4v) is 7.20. The first-order chi connectivity index (χ1) is 14.4. The van der Waals surface area contributed by atoms with Gasteiger partial charge in [0.05, 0.1) is 42.3 Å². The van der Waals surface area contributed by atoms with E-state index in [-0.39, 0.29) is 10.8 Å². The minimum atomic E-state index is -3.90. The summed E-state index contributed by atoms with van der Waals surface area (Å²) in [6.07, 6.45) is 6.13. The summed E-state index contributed by atoms with van der Waals surface area (Å²) in [5.41, 5.74) is 0.0709. The molecule has 0 radical (unpaired) electrons. The van der Waals surface area contributed by atoms with Crippen molar-refractivity contribution in [3.05, 3.63) is 24.3 Å². The van der Waals surface area contributed by atoms with Crippen LogP contribution in [0.5, 0.6) is 0 Å². The summed E-state index contributed by atoms with van der Waals surface area (Å²) in [6, 6.07) is 6.16. The van der Waals surface area contributed by atoms with Crippen molar-refractivity contribution in [2.75, 3.05) is 26.3 Å². The number of carbonyl (C=O) groups is 1. The summed E-state index contributed by atoms with van der Waals surface area (Å²) in [5.74, 6) is 1.44. The monoisotopic (exact) mass is 432 g/mol. The van der Waals surface area contributed by atoms with Gasteiger partial charge in [0, 0.05) is 0 Å². The Morgan fingerprint density at radius 3 is 2.13 bits per heavy atom. The van der Waals surface area contributed by atoms with Crippen molar-refractivity contribution in [2.45, 2.75) is 43.4 Å². The van der Waals surface area contributed by atoms with Crippen LogP contribution in [0.4, 0.5) is 5.69 Å². The number of nitrogens with zero attached hydrogens (tertiary/aromatic N) is 3. The second-order valence-electron chi connectivity index (χ2n) is 9.38. The molecule has 162 valence electrons. The molecule has 1 aromatic carbocycles. The minimum absolute atomic E-state index is 0.0749. The van der Waals surface area contributed by atoms with Crippen LogP contribution in [-0.2, 0) is 19.6 Å². The van der Waals surface area contributed by atoms with Gasteiger partial charge in [0.1, 0.15) is 0 Å². The molecule has 9 heteroatoms. The molecule has 6 rings (SSSR count). The maximum atomic E-state index is 13.1. The standard InChI is InChI=1S/C21H28N4O4S/c26-20(21-12-15-9-16(13-21)11-17(10-15)14-21)23-30(27,28)19-3-1-18(2-4-19)22-24-25-5-7-29-8-6-25/h1-4,15-17H,5-14H2,(H,23,26). The number of morpholine rings is 1. The van der Waals surface area contributed by atoms with E-state index in [1.807, 2.05) is 5.01 Å². The summed E-state index contributed by atoms with van der Waals surface area (Å²) in [6.45, 7) is 2.62. The molecule has 4 aliphatic carbocycles. The van der Waals surface area contributed by atoms with Gasteiger partial charge in [-0.1, -0.05) is 5.22 Å². The van der Waals surface area contributed by atoms with Crippen molar-refractivity contribution < 1.29 is 17.9 Å². The molecule has 0 spiro atoms. The third-order valence-electron chi connectivity index (χ3n) is 7.17. The van der Waals surface area contributed by atoms with Crippen molar-refractivity contribution >= 4 is 21.6 Å². The predicted molar refractivity (Wildman–Crippen MR) is 109 cm³/mol. The van der Waals surface area contributed by atoms with Gasteiger partial charge >= 0.3 is 0 Å². The average molecular weight is 433 g/mol. The number of hydrogen-bond acceptors (Lipinski definition) is 6. The van der Waals surface area contributed by atoms with Crippen LogP contribution in [0.25, 0.3) is 0 Å². The fourth-order valence-electron chi connectivity index (χ4n) is 6.13. The highest BCUT2D eigenvalue weighted by atomic mass is 32.2. The minimum Gasteiger partial charge on any atom is -0.378 e. The second-order valence-corrected chi connectivity index (χ2v) is 11.1. The smallest absolute Gasteiger partial charge is 0.264 e. The quantitative estimate of drug-likeness (QED) is 0.721. The molecular weight excluding hydrogens is 404 g/mol. The lowest BCUT2D eigenvalue weighted by atomic mass is 9.49. The normalized spacial score (nSPS) is 33.2. The molecule has 0 unspecified atom stereocenters. The number of hydrogen-bond donors (Lipinski definition) is 1. The van der Waals surface area contributed by atoms with Gasteiger partial charge < -0.3 is 4.74 Å². The van der Waals surface area contributed by atoms with Gasteiger partial charge in [0.25, 0.3) is 10.0 Å². The molecule has 30 heavy (non-hydrogen) atoms.